The van der Waals surface area contributed by atoms with E-state index in [0.717, 1.165) is 32.3 Å². The quantitative estimate of drug-likeness (QED) is 0.439. The van der Waals surface area contributed by atoms with Crippen molar-refractivity contribution in [3.05, 3.63) is 101 Å². The van der Waals surface area contributed by atoms with Crippen molar-refractivity contribution in [1.82, 2.24) is 4.98 Å². The molecule has 0 radical (unpaired) electrons. The zero-order chi connectivity index (χ0) is 19.1. The van der Waals surface area contributed by atoms with E-state index in [4.69, 9.17) is 0 Å². The number of nitrogens with one attached hydrogen (secondary N) is 1. The first kappa shape index (κ1) is 17.0. The first-order valence-corrected chi connectivity index (χ1v) is 9.80. The highest BCUT2D eigenvalue weighted by Gasteiger charge is 2.35. The van der Waals surface area contributed by atoms with Crippen molar-refractivity contribution >= 4 is 44.1 Å². The molecular weight excluding hydrogens is 414 g/mol. The first-order chi connectivity index (χ1) is 13.7. The number of hydrogen-bond donors (Lipinski definition) is 1. The molecule has 4 nitrogen and oxygen atoms in total. The Bertz CT molecular complexity index is 1180. The van der Waals surface area contributed by atoms with Crippen LogP contribution >= 0.6 is 15.9 Å². The molecule has 5 rings (SSSR count). The van der Waals surface area contributed by atoms with Gasteiger partial charge in [-0.05, 0) is 42.0 Å². The molecule has 0 saturated carbocycles. The van der Waals surface area contributed by atoms with Crippen LogP contribution in [-0.4, -0.2) is 10.9 Å². The van der Waals surface area contributed by atoms with Crippen LogP contribution in [0.3, 0.4) is 0 Å². The van der Waals surface area contributed by atoms with E-state index in [9.17, 15) is 4.79 Å². The minimum atomic E-state index is -0.330. The highest BCUT2D eigenvalue weighted by molar-refractivity contribution is 9.10. The van der Waals surface area contributed by atoms with Gasteiger partial charge in [-0.3, -0.25) is 14.7 Å². The van der Waals surface area contributed by atoms with Crippen molar-refractivity contribution in [3.63, 3.8) is 0 Å². The molecule has 1 atom stereocenters. The fourth-order valence-electron chi connectivity index (χ4n) is 3.65. The normalized spacial score (nSPS) is 16.0. The Hall–Kier alpha value is -3.18. The third-order valence-electron chi connectivity index (χ3n) is 4.98. The Morgan fingerprint density at radius 2 is 1.68 bits per heavy atom. The summed E-state index contributed by atoms with van der Waals surface area (Å²) in [5.74, 6) is -0.0413. The van der Waals surface area contributed by atoms with Crippen LogP contribution in [0.4, 0.5) is 11.4 Å². The molecule has 1 aromatic heterocycles. The van der Waals surface area contributed by atoms with Crippen molar-refractivity contribution in [2.45, 2.75) is 6.17 Å². The number of pyridine rings is 1. The Morgan fingerprint density at radius 3 is 2.46 bits per heavy atom. The minimum absolute atomic E-state index is 0.0413. The molecule has 28 heavy (non-hydrogen) atoms. The maximum absolute atomic E-state index is 13.6. The third-order valence-corrected chi connectivity index (χ3v) is 5.51. The molecule has 1 unspecified atom stereocenters. The van der Waals surface area contributed by atoms with Crippen LogP contribution in [0.5, 0.6) is 0 Å². The first-order valence-electron chi connectivity index (χ1n) is 9.01. The van der Waals surface area contributed by atoms with E-state index in [1.807, 2.05) is 78.9 Å². The van der Waals surface area contributed by atoms with Crippen molar-refractivity contribution in [2.75, 3.05) is 10.2 Å². The van der Waals surface area contributed by atoms with E-state index in [2.05, 4.69) is 26.2 Å². The Morgan fingerprint density at radius 1 is 0.893 bits per heavy atom. The fraction of sp³-hybridized carbons (Fsp3) is 0.0435. The molecule has 1 N–H and O–H groups in total. The highest BCUT2D eigenvalue weighted by Crippen LogP contribution is 2.39. The summed E-state index contributed by atoms with van der Waals surface area (Å²) in [5, 5.41) is 4.59. The third kappa shape index (κ3) is 2.75. The summed E-state index contributed by atoms with van der Waals surface area (Å²) in [5.41, 5.74) is 4.06. The van der Waals surface area contributed by atoms with Crippen LogP contribution in [-0.2, 0) is 0 Å². The maximum atomic E-state index is 13.6. The lowest BCUT2D eigenvalue weighted by Gasteiger charge is -2.38. The van der Waals surface area contributed by atoms with Gasteiger partial charge in [-0.1, -0.05) is 58.4 Å². The summed E-state index contributed by atoms with van der Waals surface area (Å²) in [6.45, 7) is 0. The van der Waals surface area contributed by atoms with Gasteiger partial charge in [-0.2, -0.15) is 0 Å². The average Bonchev–Trinajstić information content (AvgIpc) is 2.74. The van der Waals surface area contributed by atoms with Crippen molar-refractivity contribution < 1.29 is 4.79 Å². The zero-order valence-corrected chi connectivity index (χ0v) is 16.4. The Labute approximate surface area is 171 Å². The van der Waals surface area contributed by atoms with Gasteiger partial charge in [0.2, 0.25) is 0 Å². The van der Waals surface area contributed by atoms with Gasteiger partial charge in [0, 0.05) is 21.7 Å². The molecule has 0 saturated heterocycles. The molecule has 0 spiro atoms. The number of fused-ring (bicyclic) bond motifs is 3. The molecular formula is C23H16BrN3O. The van der Waals surface area contributed by atoms with Crippen LogP contribution in [0.15, 0.2) is 89.5 Å². The summed E-state index contributed by atoms with van der Waals surface area (Å²) in [4.78, 5) is 19.9. The van der Waals surface area contributed by atoms with Gasteiger partial charge in [0.05, 0.1) is 16.8 Å². The average molecular weight is 430 g/mol. The monoisotopic (exact) mass is 429 g/mol. The number of benzene rings is 3. The second-order valence-corrected chi connectivity index (χ2v) is 7.59. The van der Waals surface area contributed by atoms with Crippen molar-refractivity contribution in [1.29, 1.82) is 0 Å². The number of amides is 1. The number of hydrogen-bond acceptors (Lipinski definition) is 3. The van der Waals surface area contributed by atoms with Crippen LogP contribution in [0.1, 0.15) is 22.1 Å². The molecule has 1 amide bonds. The molecule has 2 heterocycles. The second-order valence-electron chi connectivity index (χ2n) is 6.67. The molecule has 0 bridgehead atoms. The fourth-order valence-corrected chi connectivity index (χ4v) is 3.91. The molecule has 4 aromatic rings. The zero-order valence-electron chi connectivity index (χ0n) is 14.8. The van der Waals surface area contributed by atoms with Crippen LogP contribution in [0.25, 0.3) is 10.9 Å². The molecule has 5 heteroatoms. The summed E-state index contributed by atoms with van der Waals surface area (Å²) >= 11 is 3.49. The lowest BCUT2D eigenvalue weighted by molar-refractivity contribution is 0.0975. The second kappa shape index (κ2) is 6.77. The summed E-state index contributed by atoms with van der Waals surface area (Å²) in [7, 11) is 0. The lowest BCUT2D eigenvalue weighted by atomic mass is 10.00. The summed E-state index contributed by atoms with van der Waals surface area (Å²) < 4.78 is 0.997. The van der Waals surface area contributed by atoms with E-state index in [-0.39, 0.29) is 12.1 Å². The lowest BCUT2D eigenvalue weighted by Crippen LogP contribution is -2.43. The van der Waals surface area contributed by atoms with Gasteiger partial charge in [-0.25, -0.2) is 0 Å². The van der Waals surface area contributed by atoms with Crippen LogP contribution in [0, 0.1) is 0 Å². The highest BCUT2D eigenvalue weighted by atomic mass is 79.9. The van der Waals surface area contributed by atoms with Gasteiger partial charge in [0.1, 0.15) is 6.17 Å². The molecule has 136 valence electrons. The van der Waals surface area contributed by atoms with Crippen LogP contribution in [0.2, 0.25) is 0 Å². The van der Waals surface area contributed by atoms with Crippen LogP contribution < -0.4 is 10.2 Å². The number of carbonyl (C=O) groups is 1. The van der Waals surface area contributed by atoms with E-state index >= 15 is 0 Å². The van der Waals surface area contributed by atoms with E-state index in [0.29, 0.717) is 5.56 Å². The van der Waals surface area contributed by atoms with Gasteiger partial charge < -0.3 is 5.32 Å². The molecule has 3 aromatic carbocycles. The number of aromatic nitrogens is 1. The predicted octanol–water partition coefficient (Wildman–Crippen LogP) is 5.77. The Kier molecular flexibility index (Phi) is 4.10. The number of rotatable bonds is 2. The Balaban J connectivity index is 1.73. The smallest absolute Gasteiger partial charge is 0.262 e. The minimum Gasteiger partial charge on any atom is -0.359 e. The predicted molar refractivity (Wildman–Crippen MR) is 116 cm³/mol. The molecule has 0 aliphatic carbocycles. The molecule has 1 aliphatic rings. The van der Waals surface area contributed by atoms with Gasteiger partial charge in [0.15, 0.2) is 0 Å². The topological polar surface area (TPSA) is 45.2 Å². The van der Waals surface area contributed by atoms with E-state index in [1.54, 1.807) is 11.1 Å². The molecule has 1 aliphatic heterocycles. The van der Waals surface area contributed by atoms with Crippen molar-refractivity contribution in [3.8, 4) is 0 Å². The standard InChI is InChI=1S/C23H16BrN3O/c24-17-11-8-16(9-12-17)22-26-21-19(13-10-15-5-4-14-25-20(15)21)23(28)27(22)18-6-2-1-3-7-18/h1-14,22,26H. The number of carbonyl (C=O) groups excluding carboxylic acids is 1. The van der Waals surface area contributed by atoms with E-state index in [1.165, 1.54) is 0 Å². The molecule has 0 fully saturated rings. The number of nitrogens with zero attached hydrogens (tertiary/aromatic N) is 2. The number of halogens is 1. The largest absolute Gasteiger partial charge is 0.359 e. The summed E-state index contributed by atoms with van der Waals surface area (Å²) in [6.07, 6.45) is 1.43. The van der Waals surface area contributed by atoms with Gasteiger partial charge in [0.25, 0.3) is 5.91 Å². The van der Waals surface area contributed by atoms with Gasteiger partial charge >= 0.3 is 0 Å². The summed E-state index contributed by atoms with van der Waals surface area (Å²) in [6, 6.07) is 25.5. The van der Waals surface area contributed by atoms with E-state index < -0.39 is 0 Å². The number of para-hydroxylation sites is 1. The number of anilines is 2. The maximum Gasteiger partial charge on any atom is 0.262 e. The van der Waals surface area contributed by atoms with Gasteiger partial charge in [-0.15, -0.1) is 0 Å². The SMILES string of the molecule is O=C1c2ccc3cccnc3c2NC(c2ccc(Br)cc2)N1c1ccccc1. The van der Waals surface area contributed by atoms with Crippen molar-refractivity contribution in [2.24, 2.45) is 0 Å².